The van der Waals surface area contributed by atoms with Gasteiger partial charge in [0.15, 0.2) is 0 Å². The van der Waals surface area contributed by atoms with Crippen molar-refractivity contribution >= 4 is 0 Å². The van der Waals surface area contributed by atoms with Crippen LogP contribution >= 0.6 is 0 Å². The largest absolute Gasteiger partial charge is 0.313 e. The fourth-order valence-electron chi connectivity index (χ4n) is 3.04. The topological polar surface area (TPSA) is 12.0 Å². The Hall–Kier alpha value is -1.67. The average Bonchev–Trinajstić information content (AvgIpc) is 2.97. The summed E-state index contributed by atoms with van der Waals surface area (Å²) >= 11 is 0. The highest BCUT2D eigenvalue weighted by Crippen LogP contribution is 2.29. The molecule has 0 saturated heterocycles. The van der Waals surface area contributed by atoms with Crippen LogP contribution in [0.25, 0.3) is 11.1 Å². The lowest BCUT2D eigenvalue weighted by molar-refractivity contribution is 0.587. The summed E-state index contributed by atoms with van der Waals surface area (Å²) in [5.41, 5.74) is 6.00. The van der Waals surface area contributed by atoms with Gasteiger partial charge in [0.1, 0.15) is 5.82 Å². The van der Waals surface area contributed by atoms with Gasteiger partial charge in [0, 0.05) is 12.1 Å². The van der Waals surface area contributed by atoms with Gasteiger partial charge >= 0.3 is 0 Å². The molecule has 0 radical (unpaired) electrons. The van der Waals surface area contributed by atoms with E-state index in [9.17, 15) is 4.39 Å². The van der Waals surface area contributed by atoms with E-state index in [1.54, 1.807) is 6.07 Å². The second-order valence-electron chi connectivity index (χ2n) is 5.82. The molecule has 1 nitrogen and oxygen atoms in total. The summed E-state index contributed by atoms with van der Waals surface area (Å²) in [5, 5.41) is 3.27. The molecule has 0 atom stereocenters. The van der Waals surface area contributed by atoms with Gasteiger partial charge in [-0.1, -0.05) is 31.2 Å². The second kappa shape index (κ2) is 6.40. The van der Waals surface area contributed by atoms with Crippen molar-refractivity contribution in [2.45, 2.75) is 39.2 Å². The van der Waals surface area contributed by atoms with E-state index in [2.05, 4.69) is 30.4 Å². The number of nitrogens with one attached hydrogen (secondary N) is 1. The summed E-state index contributed by atoms with van der Waals surface area (Å²) in [4.78, 5) is 0. The van der Waals surface area contributed by atoms with Crippen molar-refractivity contribution < 1.29 is 4.39 Å². The van der Waals surface area contributed by atoms with Crippen molar-refractivity contribution in [1.82, 2.24) is 5.32 Å². The van der Waals surface area contributed by atoms with Gasteiger partial charge in [0.2, 0.25) is 0 Å². The first-order chi connectivity index (χ1) is 10.3. The van der Waals surface area contributed by atoms with Crippen LogP contribution in [0.15, 0.2) is 36.4 Å². The molecular formula is C19H22FN. The van der Waals surface area contributed by atoms with Crippen LogP contribution in [0.2, 0.25) is 0 Å². The van der Waals surface area contributed by atoms with E-state index < -0.39 is 0 Å². The molecule has 0 fully saturated rings. The molecule has 0 heterocycles. The van der Waals surface area contributed by atoms with Crippen molar-refractivity contribution in [3.05, 3.63) is 58.9 Å². The van der Waals surface area contributed by atoms with Crippen molar-refractivity contribution in [3.63, 3.8) is 0 Å². The Balaban J connectivity index is 1.86. The van der Waals surface area contributed by atoms with E-state index in [1.165, 1.54) is 36.0 Å². The summed E-state index contributed by atoms with van der Waals surface area (Å²) in [6.07, 6.45) is 4.70. The lowest BCUT2D eigenvalue weighted by atomic mass is 9.99. The van der Waals surface area contributed by atoms with Crippen molar-refractivity contribution in [3.8, 4) is 11.1 Å². The van der Waals surface area contributed by atoms with Gasteiger partial charge in [-0.15, -0.1) is 0 Å². The van der Waals surface area contributed by atoms with Gasteiger partial charge in [-0.25, -0.2) is 4.39 Å². The second-order valence-corrected chi connectivity index (χ2v) is 5.82. The highest BCUT2D eigenvalue weighted by atomic mass is 19.1. The minimum Gasteiger partial charge on any atom is -0.313 e. The summed E-state index contributed by atoms with van der Waals surface area (Å²) in [6, 6.07) is 12.1. The van der Waals surface area contributed by atoms with Crippen LogP contribution in [0.1, 0.15) is 36.5 Å². The van der Waals surface area contributed by atoms with Crippen LogP contribution in [0, 0.1) is 5.82 Å². The molecule has 3 rings (SSSR count). The number of fused-ring (bicyclic) bond motifs is 1. The molecule has 0 unspecified atom stereocenters. The molecule has 1 aliphatic rings. The van der Waals surface area contributed by atoms with E-state index in [1.807, 2.05) is 12.1 Å². The predicted octanol–water partition coefficient (Wildman–Crippen LogP) is 4.48. The van der Waals surface area contributed by atoms with E-state index >= 15 is 0 Å². The number of rotatable bonds is 5. The van der Waals surface area contributed by atoms with Crippen molar-refractivity contribution in [2.75, 3.05) is 6.54 Å². The van der Waals surface area contributed by atoms with Crippen LogP contribution in [0.3, 0.4) is 0 Å². The van der Waals surface area contributed by atoms with Crippen LogP contribution in [-0.2, 0) is 19.4 Å². The number of halogens is 1. The summed E-state index contributed by atoms with van der Waals surface area (Å²) in [7, 11) is 0. The maximum absolute atomic E-state index is 13.9. The van der Waals surface area contributed by atoms with Gasteiger partial charge < -0.3 is 5.32 Å². The molecule has 0 spiro atoms. The first-order valence-corrected chi connectivity index (χ1v) is 7.89. The summed E-state index contributed by atoms with van der Waals surface area (Å²) in [6.45, 7) is 3.63. The van der Waals surface area contributed by atoms with Crippen LogP contribution in [0.4, 0.5) is 4.39 Å². The van der Waals surface area contributed by atoms with Crippen LogP contribution in [0.5, 0.6) is 0 Å². The maximum Gasteiger partial charge on any atom is 0.127 e. The average molecular weight is 283 g/mol. The number of hydrogen-bond acceptors (Lipinski definition) is 1. The highest BCUT2D eigenvalue weighted by molar-refractivity contribution is 5.66. The Bertz CT molecular complexity index is 633. The molecule has 0 bridgehead atoms. The zero-order valence-corrected chi connectivity index (χ0v) is 12.6. The highest BCUT2D eigenvalue weighted by Gasteiger charge is 2.12. The normalized spacial score (nSPS) is 13.4. The predicted molar refractivity (Wildman–Crippen MR) is 85.9 cm³/mol. The Labute approximate surface area is 126 Å². The number of benzene rings is 2. The fourth-order valence-corrected chi connectivity index (χ4v) is 3.04. The lowest BCUT2D eigenvalue weighted by Gasteiger charge is -2.09. The minimum atomic E-state index is -0.122. The van der Waals surface area contributed by atoms with Gasteiger partial charge in [-0.2, -0.15) is 0 Å². The van der Waals surface area contributed by atoms with Crippen molar-refractivity contribution in [2.24, 2.45) is 0 Å². The third-order valence-corrected chi connectivity index (χ3v) is 4.22. The Kier molecular flexibility index (Phi) is 4.35. The molecule has 2 aromatic rings. The smallest absolute Gasteiger partial charge is 0.127 e. The molecule has 0 aliphatic heterocycles. The maximum atomic E-state index is 13.9. The van der Waals surface area contributed by atoms with E-state index in [0.29, 0.717) is 6.54 Å². The quantitative estimate of drug-likeness (QED) is 0.798. The monoisotopic (exact) mass is 283 g/mol. The van der Waals surface area contributed by atoms with E-state index in [0.717, 1.165) is 24.1 Å². The molecule has 2 heteroatoms. The zero-order chi connectivity index (χ0) is 14.7. The minimum absolute atomic E-state index is 0.122. The van der Waals surface area contributed by atoms with Gasteiger partial charge in [-0.05, 0) is 66.6 Å². The molecule has 110 valence electrons. The standard InChI is InChI=1S/C19H22FN/c1-2-10-21-13-18-12-17(8-9-19(18)20)16-7-6-14-4-3-5-15(14)11-16/h6-9,11-12,21H,2-5,10,13H2,1H3. The summed E-state index contributed by atoms with van der Waals surface area (Å²) < 4.78 is 13.9. The zero-order valence-electron chi connectivity index (χ0n) is 12.6. The van der Waals surface area contributed by atoms with Crippen LogP contribution in [-0.4, -0.2) is 6.54 Å². The van der Waals surface area contributed by atoms with Gasteiger partial charge in [0.05, 0.1) is 0 Å². The van der Waals surface area contributed by atoms with E-state index in [4.69, 9.17) is 0 Å². The first-order valence-electron chi connectivity index (χ1n) is 7.89. The molecule has 2 aromatic carbocycles. The van der Waals surface area contributed by atoms with Gasteiger partial charge in [-0.3, -0.25) is 0 Å². The Morgan fingerprint density at radius 3 is 2.62 bits per heavy atom. The molecule has 21 heavy (non-hydrogen) atoms. The Morgan fingerprint density at radius 1 is 1.00 bits per heavy atom. The molecular weight excluding hydrogens is 261 g/mol. The lowest BCUT2D eigenvalue weighted by Crippen LogP contribution is -2.14. The van der Waals surface area contributed by atoms with Gasteiger partial charge in [0.25, 0.3) is 0 Å². The molecule has 1 aliphatic carbocycles. The first kappa shape index (κ1) is 14.3. The molecule has 0 amide bonds. The van der Waals surface area contributed by atoms with Crippen molar-refractivity contribution in [1.29, 1.82) is 0 Å². The van der Waals surface area contributed by atoms with E-state index in [-0.39, 0.29) is 5.82 Å². The summed E-state index contributed by atoms with van der Waals surface area (Å²) in [5.74, 6) is -0.122. The molecule has 0 saturated carbocycles. The molecule has 0 aromatic heterocycles. The number of hydrogen-bond donors (Lipinski definition) is 1. The fraction of sp³-hybridized carbons (Fsp3) is 0.368. The third-order valence-electron chi connectivity index (χ3n) is 4.22. The Morgan fingerprint density at radius 2 is 1.76 bits per heavy atom. The SMILES string of the molecule is CCCNCc1cc(-c2ccc3c(c2)CCC3)ccc1F. The molecule has 1 N–H and O–H groups in total. The number of aryl methyl sites for hydroxylation is 2. The third kappa shape index (κ3) is 3.16. The van der Waals surface area contributed by atoms with Crippen LogP contribution < -0.4 is 5.32 Å².